The molecule has 2 aromatic heterocycles. The highest BCUT2D eigenvalue weighted by atomic mass is 16.1. The van der Waals surface area contributed by atoms with E-state index in [0.29, 0.717) is 23.6 Å². The summed E-state index contributed by atoms with van der Waals surface area (Å²) in [5.74, 6) is 1.00. The number of benzene rings is 2. The molecule has 5 rings (SSSR count). The zero-order valence-electron chi connectivity index (χ0n) is 18.9. The van der Waals surface area contributed by atoms with Crippen molar-refractivity contribution in [1.82, 2.24) is 24.7 Å². The molecule has 1 fully saturated rings. The van der Waals surface area contributed by atoms with Gasteiger partial charge in [0.1, 0.15) is 6.33 Å². The molecule has 0 atom stereocenters. The molecule has 0 aliphatic carbocycles. The van der Waals surface area contributed by atoms with Gasteiger partial charge in [0.25, 0.3) is 0 Å². The van der Waals surface area contributed by atoms with Crippen molar-refractivity contribution in [2.75, 3.05) is 28.6 Å². The zero-order valence-corrected chi connectivity index (χ0v) is 18.9. The molecule has 0 saturated carbocycles. The molecular weight excluding hydrogens is 428 g/mol. The zero-order chi connectivity index (χ0) is 23.3. The highest BCUT2D eigenvalue weighted by Gasteiger charge is 2.23. The fourth-order valence-corrected chi connectivity index (χ4v) is 4.16. The number of amides is 1. The molecule has 9 heteroatoms. The van der Waals surface area contributed by atoms with E-state index in [9.17, 15) is 4.79 Å². The standard InChI is InChI=1S/C25H26N8O/c1-18(34)29-21-8-5-9-22(14-21)30-24-26-17-27-25(31-24)32-12-10-23(11-13-32)33-16-20(15-28-33)19-6-3-2-4-7-19/h2-9,14-17,23H,10-13H2,1H3,(H,29,34)(H,26,27,30,31). The first-order chi connectivity index (χ1) is 16.6. The van der Waals surface area contributed by atoms with Crippen LogP contribution < -0.4 is 15.5 Å². The molecule has 2 N–H and O–H groups in total. The molecule has 2 aromatic carbocycles. The lowest BCUT2D eigenvalue weighted by molar-refractivity contribution is -0.114. The van der Waals surface area contributed by atoms with Crippen LogP contribution in [0, 0.1) is 0 Å². The molecule has 0 spiro atoms. The average molecular weight is 455 g/mol. The molecule has 0 bridgehead atoms. The number of nitrogens with one attached hydrogen (secondary N) is 2. The Balaban J connectivity index is 1.22. The SMILES string of the molecule is CC(=O)Nc1cccc(Nc2ncnc(N3CCC(n4cc(-c5ccccc5)cn4)CC3)n2)c1. The van der Waals surface area contributed by atoms with Crippen LogP contribution in [0.2, 0.25) is 0 Å². The second kappa shape index (κ2) is 9.70. The van der Waals surface area contributed by atoms with Gasteiger partial charge in [-0.25, -0.2) is 9.97 Å². The Labute approximate surface area is 197 Å². The minimum atomic E-state index is -0.116. The van der Waals surface area contributed by atoms with E-state index in [0.717, 1.165) is 37.2 Å². The molecule has 3 heterocycles. The number of carbonyl (C=O) groups excluding carboxylic acids is 1. The van der Waals surface area contributed by atoms with E-state index in [2.05, 4.69) is 58.6 Å². The summed E-state index contributed by atoms with van der Waals surface area (Å²) in [7, 11) is 0. The molecule has 34 heavy (non-hydrogen) atoms. The molecule has 1 aliphatic rings. The van der Waals surface area contributed by atoms with Crippen molar-refractivity contribution in [3.63, 3.8) is 0 Å². The van der Waals surface area contributed by atoms with Crippen molar-refractivity contribution in [2.45, 2.75) is 25.8 Å². The topological polar surface area (TPSA) is 101 Å². The van der Waals surface area contributed by atoms with Crippen LogP contribution in [-0.4, -0.2) is 43.7 Å². The summed E-state index contributed by atoms with van der Waals surface area (Å²) in [5.41, 5.74) is 3.82. The summed E-state index contributed by atoms with van der Waals surface area (Å²) in [4.78, 5) is 26.7. The number of carbonyl (C=O) groups is 1. The number of aromatic nitrogens is 5. The van der Waals surface area contributed by atoms with Gasteiger partial charge < -0.3 is 15.5 Å². The second-order valence-electron chi connectivity index (χ2n) is 8.29. The minimum absolute atomic E-state index is 0.116. The van der Waals surface area contributed by atoms with Gasteiger partial charge in [-0.3, -0.25) is 9.48 Å². The predicted octanol–water partition coefficient (Wildman–Crippen LogP) is 4.28. The lowest BCUT2D eigenvalue weighted by atomic mass is 10.1. The van der Waals surface area contributed by atoms with Crippen molar-refractivity contribution in [1.29, 1.82) is 0 Å². The summed E-state index contributed by atoms with van der Waals surface area (Å²) in [5, 5.41) is 10.6. The van der Waals surface area contributed by atoms with Gasteiger partial charge in [0.2, 0.25) is 17.8 Å². The first-order valence-electron chi connectivity index (χ1n) is 11.3. The van der Waals surface area contributed by atoms with Crippen molar-refractivity contribution >= 4 is 29.2 Å². The van der Waals surface area contributed by atoms with Gasteiger partial charge in [0.05, 0.1) is 12.2 Å². The molecule has 9 nitrogen and oxygen atoms in total. The maximum Gasteiger partial charge on any atom is 0.231 e. The Morgan fingerprint density at radius 2 is 1.76 bits per heavy atom. The van der Waals surface area contributed by atoms with E-state index in [1.54, 1.807) is 0 Å². The molecule has 1 saturated heterocycles. The van der Waals surface area contributed by atoms with Crippen LogP contribution in [0.25, 0.3) is 11.1 Å². The Morgan fingerprint density at radius 1 is 0.971 bits per heavy atom. The molecular formula is C25H26N8O. The third-order valence-corrected chi connectivity index (χ3v) is 5.83. The number of piperidine rings is 1. The fourth-order valence-electron chi connectivity index (χ4n) is 4.16. The van der Waals surface area contributed by atoms with Gasteiger partial charge in [0, 0.05) is 43.1 Å². The van der Waals surface area contributed by atoms with E-state index in [1.807, 2.05) is 48.7 Å². The highest BCUT2D eigenvalue weighted by Crippen LogP contribution is 2.27. The van der Waals surface area contributed by atoms with E-state index >= 15 is 0 Å². The van der Waals surface area contributed by atoms with Crippen LogP contribution in [0.1, 0.15) is 25.8 Å². The number of rotatable bonds is 6. The third-order valence-electron chi connectivity index (χ3n) is 5.83. The van der Waals surface area contributed by atoms with Gasteiger partial charge in [-0.15, -0.1) is 0 Å². The smallest absolute Gasteiger partial charge is 0.231 e. The number of nitrogens with zero attached hydrogens (tertiary/aromatic N) is 6. The summed E-state index contributed by atoms with van der Waals surface area (Å²) in [6.45, 7) is 3.16. The quantitative estimate of drug-likeness (QED) is 0.448. The van der Waals surface area contributed by atoms with E-state index in [4.69, 9.17) is 0 Å². The fraction of sp³-hybridized carbons (Fsp3) is 0.240. The van der Waals surface area contributed by atoms with E-state index < -0.39 is 0 Å². The number of hydrogen-bond donors (Lipinski definition) is 2. The van der Waals surface area contributed by atoms with Crippen LogP contribution in [-0.2, 0) is 4.79 Å². The summed E-state index contributed by atoms with van der Waals surface area (Å²) in [6, 6.07) is 18.1. The van der Waals surface area contributed by atoms with Gasteiger partial charge in [-0.2, -0.15) is 10.1 Å². The molecule has 0 unspecified atom stereocenters. The molecule has 4 aromatic rings. The summed E-state index contributed by atoms with van der Waals surface area (Å²) in [6.07, 6.45) is 7.52. The third kappa shape index (κ3) is 5.03. The predicted molar refractivity (Wildman–Crippen MR) is 132 cm³/mol. The van der Waals surface area contributed by atoms with Crippen LogP contribution in [0.5, 0.6) is 0 Å². The Hall–Kier alpha value is -4.27. The highest BCUT2D eigenvalue weighted by molar-refractivity contribution is 5.89. The maximum absolute atomic E-state index is 11.3. The van der Waals surface area contributed by atoms with Gasteiger partial charge in [0.15, 0.2) is 0 Å². The van der Waals surface area contributed by atoms with Crippen molar-refractivity contribution < 1.29 is 4.79 Å². The first kappa shape index (κ1) is 21.6. The summed E-state index contributed by atoms with van der Waals surface area (Å²) >= 11 is 0. The Bertz CT molecular complexity index is 1260. The summed E-state index contributed by atoms with van der Waals surface area (Å²) < 4.78 is 2.09. The van der Waals surface area contributed by atoms with Crippen LogP contribution in [0.4, 0.5) is 23.3 Å². The molecule has 1 amide bonds. The second-order valence-corrected chi connectivity index (χ2v) is 8.29. The van der Waals surface area contributed by atoms with E-state index in [1.165, 1.54) is 18.8 Å². The van der Waals surface area contributed by atoms with Crippen molar-refractivity contribution in [3.05, 3.63) is 73.3 Å². The minimum Gasteiger partial charge on any atom is -0.341 e. The molecule has 1 aliphatic heterocycles. The average Bonchev–Trinajstić information content (AvgIpc) is 3.35. The van der Waals surface area contributed by atoms with Crippen LogP contribution in [0.15, 0.2) is 73.3 Å². The lowest BCUT2D eigenvalue weighted by Gasteiger charge is -2.32. The Kier molecular flexibility index (Phi) is 6.15. The van der Waals surface area contributed by atoms with E-state index in [-0.39, 0.29) is 5.91 Å². The monoisotopic (exact) mass is 454 g/mol. The Morgan fingerprint density at radius 3 is 2.56 bits per heavy atom. The van der Waals surface area contributed by atoms with Gasteiger partial charge in [-0.1, -0.05) is 36.4 Å². The van der Waals surface area contributed by atoms with Crippen molar-refractivity contribution in [2.24, 2.45) is 0 Å². The van der Waals surface area contributed by atoms with Crippen LogP contribution >= 0.6 is 0 Å². The molecule has 172 valence electrons. The molecule has 0 radical (unpaired) electrons. The number of hydrogen-bond acceptors (Lipinski definition) is 7. The van der Waals surface area contributed by atoms with Crippen molar-refractivity contribution in [3.8, 4) is 11.1 Å². The first-order valence-corrected chi connectivity index (χ1v) is 11.3. The maximum atomic E-state index is 11.3. The lowest BCUT2D eigenvalue weighted by Crippen LogP contribution is -2.36. The largest absolute Gasteiger partial charge is 0.341 e. The van der Waals surface area contributed by atoms with Gasteiger partial charge in [-0.05, 0) is 36.6 Å². The van der Waals surface area contributed by atoms with Gasteiger partial charge >= 0.3 is 0 Å². The normalized spacial score (nSPS) is 14.1. The van der Waals surface area contributed by atoms with Crippen LogP contribution in [0.3, 0.4) is 0 Å². The number of anilines is 4.